The van der Waals surface area contributed by atoms with E-state index in [4.69, 9.17) is 10.5 Å². The van der Waals surface area contributed by atoms with E-state index in [1.54, 1.807) is 6.20 Å². The van der Waals surface area contributed by atoms with Crippen molar-refractivity contribution in [1.82, 2.24) is 4.98 Å². The highest BCUT2D eigenvalue weighted by molar-refractivity contribution is 7.99. The van der Waals surface area contributed by atoms with Crippen molar-refractivity contribution in [1.29, 1.82) is 0 Å². The third kappa shape index (κ3) is 3.94. The minimum absolute atomic E-state index is 0.108. The SMILES string of the molecule is COC(=O)CC1(CSC(CN)c2cccnc2)CC1. The van der Waals surface area contributed by atoms with Crippen LogP contribution in [0.4, 0.5) is 0 Å². The number of hydrogen-bond acceptors (Lipinski definition) is 5. The predicted molar refractivity (Wildman–Crippen MR) is 76.8 cm³/mol. The fourth-order valence-electron chi connectivity index (χ4n) is 2.07. The molecular formula is C14H20N2O2S. The second-order valence-corrected chi connectivity index (χ2v) is 6.27. The molecule has 0 radical (unpaired) electrons. The highest BCUT2D eigenvalue weighted by atomic mass is 32.2. The predicted octanol–water partition coefficient (Wildman–Crippen LogP) is 2.16. The monoisotopic (exact) mass is 280 g/mol. The van der Waals surface area contributed by atoms with Gasteiger partial charge in [0, 0.05) is 29.9 Å². The molecule has 19 heavy (non-hydrogen) atoms. The van der Waals surface area contributed by atoms with Crippen LogP contribution in [0.3, 0.4) is 0 Å². The second kappa shape index (κ2) is 6.39. The molecule has 0 aromatic carbocycles. The summed E-state index contributed by atoms with van der Waals surface area (Å²) in [5, 5.41) is 0.254. The number of aromatic nitrogens is 1. The molecule has 5 heteroatoms. The number of carbonyl (C=O) groups is 1. The first-order valence-corrected chi connectivity index (χ1v) is 7.52. The summed E-state index contributed by atoms with van der Waals surface area (Å²) in [6.07, 6.45) is 6.38. The molecule has 1 fully saturated rings. The average molecular weight is 280 g/mol. The van der Waals surface area contributed by atoms with Gasteiger partial charge in [-0.15, -0.1) is 0 Å². The third-order valence-electron chi connectivity index (χ3n) is 3.57. The van der Waals surface area contributed by atoms with Crippen LogP contribution in [0.1, 0.15) is 30.1 Å². The Balaban J connectivity index is 1.88. The molecule has 2 N–H and O–H groups in total. The quantitative estimate of drug-likeness (QED) is 0.775. The number of pyridine rings is 1. The van der Waals surface area contributed by atoms with Crippen molar-refractivity contribution < 1.29 is 9.53 Å². The van der Waals surface area contributed by atoms with E-state index in [0.717, 1.165) is 24.2 Å². The number of methoxy groups -OCH3 is 1. The van der Waals surface area contributed by atoms with Crippen LogP contribution in [0.2, 0.25) is 0 Å². The number of carbonyl (C=O) groups excluding carboxylic acids is 1. The number of nitrogens with zero attached hydrogens (tertiary/aromatic N) is 1. The molecule has 0 spiro atoms. The van der Waals surface area contributed by atoms with Crippen LogP contribution >= 0.6 is 11.8 Å². The Hall–Kier alpha value is -1.07. The summed E-state index contributed by atoms with van der Waals surface area (Å²) >= 11 is 1.82. The maximum atomic E-state index is 11.4. The van der Waals surface area contributed by atoms with Crippen LogP contribution in [0, 0.1) is 5.41 Å². The number of hydrogen-bond donors (Lipinski definition) is 1. The Labute approximate surface area is 118 Å². The topological polar surface area (TPSA) is 65.2 Å². The fraction of sp³-hybridized carbons (Fsp3) is 0.571. The molecule has 4 nitrogen and oxygen atoms in total. The maximum Gasteiger partial charge on any atom is 0.306 e. The van der Waals surface area contributed by atoms with Crippen molar-refractivity contribution in [2.45, 2.75) is 24.5 Å². The van der Waals surface area contributed by atoms with Gasteiger partial charge in [0.25, 0.3) is 0 Å². The molecule has 0 saturated heterocycles. The van der Waals surface area contributed by atoms with Gasteiger partial charge in [-0.25, -0.2) is 0 Å². The zero-order valence-corrected chi connectivity index (χ0v) is 12.0. The molecule has 1 unspecified atom stereocenters. The molecule has 0 bridgehead atoms. The summed E-state index contributed by atoms with van der Waals surface area (Å²) < 4.78 is 4.76. The lowest BCUT2D eigenvalue weighted by Crippen LogP contribution is -2.16. The summed E-state index contributed by atoms with van der Waals surface area (Å²) in [4.78, 5) is 15.5. The van der Waals surface area contributed by atoms with E-state index in [0.29, 0.717) is 13.0 Å². The van der Waals surface area contributed by atoms with Crippen molar-refractivity contribution in [3.05, 3.63) is 30.1 Å². The van der Waals surface area contributed by atoms with Crippen LogP contribution in [0.15, 0.2) is 24.5 Å². The van der Waals surface area contributed by atoms with E-state index in [2.05, 4.69) is 11.1 Å². The fourth-order valence-corrected chi connectivity index (χ4v) is 3.48. The van der Waals surface area contributed by atoms with Crippen molar-refractivity contribution in [2.75, 3.05) is 19.4 Å². The lowest BCUT2D eigenvalue weighted by molar-refractivity contribution is -0.141. The summed E-state index contributed by atoms with van der Waals surface area (Å²) in [7, 11) is 1.45. The Morgan fingerprint density at radius 2 is 2.42 bits per heavy atom. The van der Waals surface area contributed by atoms with E-state index >= 15 is 0 Å². The molecule has 104 valence electrons. The van der Waals surface area contributed by atoms with Gasteiger partial charge in [0.1, 0.15) is 0 Å². The maximum absolute atomic E-state index is 11.4. The minimum atomic E-state index is -0.108. The third-order valence-corrected chi connectivity index (χ3v) is 5.21. The van der Waals surface area contributed by atoms with E-state index in [9.17, 15) is 4.79 Å². The van der Waals surface area contributed by atoms with Gasteiger partial charge in [-0.2, -0.15) is 11.8 Å². The van der Waals surface area contributed by atoms with Gasteiger partial charge in [0.2, 0.25) is 0 Å². The molecule has 1 aromatic rings. The normalized spacial score (nSPS) is 17.8. The van der Waals surface area contributed by atoms with Crippen LogP contribution in [0.5, 0.6) is 0 Å². The molecule has 1 aromatic heterocycles. The first-order valence-electron chi connectivity index (χ1n) is 6.47. The van der Waals surface area contributed by atoms with Crippen LogP contribution in [-0.4, -0.2) is 30.4 Å². The summed E-state index contributed by atoms with van der Waals surface area (Å²) in [5.41, 5.74) is 7.14. The van der Waals surface area contributed by atoms with E-state index in [1.807, 2.05) is 24.0 Å². The molecule has 1 saturated carbocycles. The van der Waals surface area contributed by atoms with Gasteiger partial charge >= 0.3 is 5.97 Å². The molecule has 1 aliphatic rings. The number of ether oxygens (including phenoxy) is 1. The Bertz CT molecular complexity index is 421. The first-order chi connectivity index (χ1) is 9.19. The molecule has 1 heterocycles. The van der Waals surface area contributed by atoms with Crippen molar-refractivity contribution in [3.63, 3.8) is 0 Å². The summed E-state index contributed by atoms with van der Waals surface area (Å²) in [5.74, 6) is 0.850. The van der Waals surface area contributed by atoms with Gasteiger partial charge in [0.05, 0.1) is 13.5 Å². The zero-order valence-electron chi connectivity index (χ0n) is 11.2. The van der Waals surface area contributed by atoms with Gasteiger partial charge in [-0.3, -0.25) is 9.78 Å². The molecule has 1 aliphatic carbocycles. The average Bonchev–Trinajstić information content (AvgIpc) is 3.20. The number of thioether (sulfide) groups is 1. The van der Waals surface area contributed by atoms with Gasteiger partial charge in [0.15, 0.2) is 0 Å². The van der Waals surface area contributed by atoms with E-state index in [-0.39, 0.29) is 16.6 Å². The Kier molecular flexibility index (Phi) is 4.82. The molecule has 1 atom stereocenters. The summed E-state index contributed by atoms with van der Waals surface area (Å²) in [6, 6.07) is 3.98. The lowest BCUT2D eigenvalue weighted by Gasteiger charge is -2.19. The van der Waals surface area contributed by atoms with Crippen LogP contribution < -0.4 is 5.73 Å². The highest BCUT2D eigenvalue weighted by Crippen LogP contribution is 2.52. The Morgan fingerprint density at radius 1 is 1.63 bits per heavy atom. The largest absolute Gasteiger partial charge is 0.469 e. The number of nitrogens with two attached hydrogens (primary N) is 1. The molecule has 2 rings (SSSR count). The zero-order chi connectivity index (χ0) is 13.7. The smallest absolute Gasteiger partial charge is 0.306 e. The lowest BCUT2D eigenvalue weighted by atomic mass is 10.1. The summed E-state index contributed by atoms with van der Waals surface area (Å²) in [6.45, 7) is 0.588. The molecular weight excluding hydrogens is 260 g/mol. The van der Waals surface area contributed by atoms with Crippen LogP contribution in [0.25, 0.3) is 0 Å². The van der Waals surface area contributed by atoms with Crippen molar-refractivity contribution >= 4 is 17.7 Å². The molecule has 0 amide bonds. The van der Waals surface area contributed by atoms with E-state index < -0.39 is 0 Å². The Morgan fingerprint density at radius 3 is 2.95 bits per heavy atom. The standard InChI is InChI=1S/C14H20N2O2S/c1-18-13(17)7-14(4-5-14)10-19-12(8-15)11-3-2-6-16-9-11/h2-3,6,9,12H,4-5,7-8,10,15H2,1H3. The van der Waals surface area contributed by atoms with E-state index in [1.165, 1.54) is 7.11 Å². The van der Waals surface area contributed by atoms with Gasteiger partial charge < -0.3 is 10.5 Å². The number of rotatable bonds is 7. The highest BCUT2D eigenvalue weighted by Gasteiger charge is 2.44. The van der Waals surface area contributed by atoms with Gasteiger partial charge in [-0.05, 0) is 29.9 Å². The van der Waals surface area contributed by atoms with Crippen LogP contribution in [-0.2, 0) is 9.53 Å². The molecule has 0 aliphatic heterocycles. The van der Waals surface area contributed by atoms with Gasteiger partial charge in [-0.1, -0.05) is 6.07 Å². The second-order valence-electron chi connectivity index (χ2n) is 5.07. The number of esters is 1. The van der Waals surface area contributed by atoms with Crippen molar-refractivity contribution in [3.8, 4) is 0 Å². The first kappa shape index (κ1) is 14.3. The van der Waals surface area contributed by atoms with Crippen molar-refractivity contribution in [2.24, 2.45) is 11.1 Å². The minimum Gasteiger partial charge on any atom is -0.469 e.